The lowest BCUT2D eigenvalue weighted by Crippen LogP contribution is -2.44. The molecule has 0 unspecified atom stereocenters. The summed E-state index contributed by atoms with van der Waals surface area (Å²) in [6.07, 6.45) is 0.726. The van der Waals surface area contributed by atoms with Crippen LogP contribution in [0.15, 0.2) is 18.2 Å². The van der Waals surface area contributed by atoms with Gasteiger partial charge in [-0.25, -0.2) is 9.59 Å². The molecule has 0 fully saturated rings. The van der Waals surface area contributed by atoms with E-state index in [9.17, 15) is 14.4 Å². The number of ether oxygens (including phenoxy) is 3. The lowest BCUT2D eigenvalue weighted by Gasteiger charge is -2.13. The average molecular weight is 338 g/mol. The molecule has 0 saturated carbocycles. The van der Waals surface area contributed by atoms with Crippen molar-refractivity contribution in [1.29, 1.82) is 0 Å². The number of imide groups is 1. The molecular weight excluding hydrogens is 316 g/mol. The topological polar surface area (TPSA) is 103 Å². The third-order valence-corrected chi connectivity index (χ3v) is 3.21. The largest absolute Gasteiger partial charge is 0.496 e. The fourth-order valence-corrected chi connectivity index (χ4v) is 1.78. The Morgan fingerprint density at radius 1 is 1.12 bits per heavy atom. The van der Waals surface area contributed by atoms with Crippen molar-refractivity contribution in [2.75, 3.05) is 20.8 Å². The van der Waals surface area contributed by atoms with Gasteiger partial charge in [-0.2, -0.15) is 0 Å². The monoisotopic (exact) mass is 338 g/mol. The van der Waals surface area contributed by atoms with Gasteiger partial charge in [-0.05, 0) is 25.5 Å². The second-order valence-corrected chi connectivity index (χ2v) is 4.94. The van der Waals surface area contributed by atoms with Crippen LogP contribution in [0.4, 0.5) is 4.79 Å². The number of amides is 3. The summed E-state index contributed by atoms with van der Waals surface area (Å²) in [5.74, 6) is -1.01. The van der Waals surface area contributed by atoms with Gasteiger partial charge in [0.2, 0.25) is 0 Å². The van der Waals surface area contributed by atoms with E-state index < -0.39 is 24.5 Å². The maximum Gasteiger partial charge on any atom is 0.346 e. The number of rotatable bonds is 7. The van der Waals surface area contributed by atoms with E-state index in [0.29, 0.717) is 0 Å². The van der Waals surface area contributed by atoms with Gasteiger partial charge in [0.15, 0.2) is 6.61 Å². The van der Waals surface area contributed by atoms with Crippen molar-refractivity contribution < 1.29 is 28.6 Å². The maximum atomic E-state index is 12.2. The van der Waals surface area contributed by atoms with Crippen LogP contribution in [0.5, 0.6) is 11.5 Å². The van der Waals surface area contributed by atoms with Crippen molar-refractivity contribution in [3.63, 3.8) is 0 Å². The number of esters is 1. The van der Waals surface area contributed by atoms with E-state index in [1.54, 1.807) is 25.1 Å². The molecule has 0 aliphatic heterocycles. The lowest BCUT2D eigenvalue weighted by atomic mass is 10.2. The molecule has 1 rings (SSSR count). The molecule has 132 valence electrons. The highest BCUT2D eigenvalue weighted by atomic mass is 16.5. The summed E-state index contributed by atoms with van der Waals surface area (Å²) in [6, 6.07) is 4.08. The zero-order chi connectivity index (χ0) is 18.1. The maximum absolute atomic E-state index is 12.2. The summed E-state index contributed by atoms with van der Waals surface area (Å²) in [6.45, 7) is 3.10. The first-order chi connectivity index (χ1) is 11.4. The van der Waals surface area contributed by atoms with Crippen molar-refractivity contribution in [3.8, 4) is 11.5 Å². The number of urea groups is 1. The standard InChI is InChI=1S/C16H22N2O6/c1-5-10(2)17-16(21)18-13(19)9-24-15(20)14-11(22-3)7-6-8-12(14)23-4/h6-8,10H,5,9H2,1-4H3,(H2,17,18,19,21)/t10-/m1/s1. The number of methoxy groups -OCH3 is 2. The minimum absolute atomic E-state index is 0.0688. The van der Waals surface area contributed by atoms with E-state index >= 15 is 0 Å². The molecule has 0 aliphatic carbocycles. The van der Waals surface area contributed by atoms with Crippen LogP contribution in [0.25, 0.3) is 0 Å². The summed E-state index contributed by atoms with van der Waals surface area (Å²) >= 11 is 0. The highest BCUT2D eigenvalue weighted by molar-refractivity contribution is 5.99. The van der Waals surface area contributed by atoms with Crippen LogP contribution in [0.2, 0.25) is 0 Å². The van der Waals surface area contributed by atoms with E-state index in [2.05, 4.69) is 10.6 Å². The zero-order valence-electron chi connectivity index (χ0n) is 14.2. The van der Waals surface area contributed by atoms with Crippen LogP contribution in [-0.4, -0.2) is 44.8 Å². The van der Waals surface area contributed by atoms with Crippen molar-refractivity contribution in [2.45, 2.75) is 26.3 Å². The van der Waals surface area contributed by atoms with Crippen molar-refractivity contribution in [1.82, 2.24) is 10.6 Å². The normalized spacial score (nSPS) is 11.2. The molecular formula is C16H22N2O6. The summed E-state index contributed by atoms with van der Waals surface area (Å²) < 4.78 is 15.1. The second kappa shape index (κ2) is 9.39. The van der Waals surface area contributed by atoms with Gasteiger partial charge in [0, 0.05) is 6.04 Å². The molecule has 0 saturated heterocycles. The fourth-order valence-electron chi connectivity index (χ4n) is 1.78. The Labute approximate surface area is 140 Å². The molecule has 3 amide bonds. The smallest absolute Gasteiger partial charge is 0.346 e. The molecule has 8 nitrogen and oxygen atoms in total. The van der Waals surface area contributed by atoms with E-state index in [1.807, 2.05) is 6.92 Å². The Balaban J connectivity index is 2.63. The SMILES string of the molecule is CC[C@@H](C)NC(=O)NC(=O)COC(=O)c1c(OC)cccc1OC. The zero-order valence-corrected chi connectivity index (χ0v) is 14.2. The van der Waals surface area contributed by atoms with E-state index in [1.165, 1.54) is 14.2 Å². The van der Waals surface area contributed by atoms with E-state index in [4.69, 9.17) is 14.2 Å². The molecule has 0 bridgehead atoms. The Hall–Kier alpha value is -2.77. The quantitative estimate of drug-likeness (QED) is 0.730. The number of benzene rings is 1. The summed E-state index contributed by atoms with van der Waals surface area (Å²) in [5, 5.41) is 4.65. The number of nitrogens with one attached hydrogen (secondary N) is 2. The minimum Gasteiger partial charge on any atom is -0.496 e. The third kappa shape index (κ3) is 5.45. The van der Waals surface area contributed by atoms with Crippen molar-refractivity contribution >= 4 is 17.9 Å². The molecule has 0 aromatic heterocycles. The molecule has 2 N–H and O–H groups in total. The minimum atomic E-state index is -0.790. The van der Waals surface area contributed by atoms with E-state index in [-0.39, 0.29) is 23.1 Å². The van der Waals surface area contributed by atoms with Gasteiger partial charge >= 0.3 is 12.0 Å². The third-order valence-electron chi connectivity index (χ3n) is 3.21. The van der Waals surface area contributed by atoms with E-state index in [0.717, 1.165) is 6.42 Å². The predicted molar refractivity (Wildman–Crippen MR) is 86.3 cm³/mol. The predicted octanol–water partition coefficient (Wildman–Crippen LogP) is 1.48. The van der Waals surface area contributed by atoms with Crippen molar-refractivity contribution in [2.24, 2.45) is 0 Å². The molecule has 8 heteroatoms. The molecule has 0 spiro atoms. The van der Waals surface area contributed by atoms with Crippen molar-refractivity contribution in [3.05, 3.63) is 23.8 Å². The molecule has 1 aromatic carbocycles. The van der Waals surface area contributed by atoms with Crippen LogP contribution >= 0.6 is 0 Å². The fraction of sp³-hybridized carbons (Fsp3) is 0.438. The van der Waals surface area contributed by atoms with Gasteiger partial charge in [0.1, 0.15) is 17.1 Å². The van der Waals surface area contributed by atoms with Crippen LogP contribution in [0, 0.1) is 0 Å². The van der Waals surface area contributed by atoms with Crippen LogP contribution in [0.3, 0.4) is 0 Å². The van der Waals surface area contributed by atoms with Gasteiger partial charge in [-0.1, -0.05) is 13.0 Å². The first-order valence-corrected chi connectivity index (χ1v) is 7.41. The average Bonchev–Trinajstić information content (AvgIpc) is 2.58. The Morgan fingerprint density at radius 2 is 1.71 bits per heavy atom. The molecule has 1 atom stereocenters. The van der Waals surface area contributed by atoms with Gasteiger partial charge in [0.25, 0.3) is 5.91 Å². The lowest BCUT2D eigenvalue weighted by molar-refractivity contribution is -0.123. The summed E-state index contributed by atoms with van der Waals surface area (Å²) in [5.41, 5.74) is 0.0688. The Morgan fingerprint density at radius 3 is 2.21 bits per heavy atom. The second-order valence-electron chi connectivity index (χ2n) is 4.94. The van der Waals surface area contributed by atoms with Gasteiger partial charge < -0.3 is 19.5 Å². The molecule has 24 heavy (non-hydrogen) atoms. The number of carbonyl (C=O) groups excluding carboxylic acids is 3. The Bertz CT molecular complexity index is 580. The molecule has 0 heterocycles. The van der Waals surface area contributed by atoms with Crippen LogP contribution in [-0.2, 0) is 9.53 Å². The number of hydrogen-bond acceptors (Lipinski definition) is 6. The van der Waals surface area contributed by atoms with Gasteiger partial charge in [0.05, 0.1) is 14.2 Å². The van der Waals surface area contributed by atoms with Crippen LogP contribution in [0.1, 0.15) is 30.6 Å². The number of hydrogen-bond donors (Lipinski definition) is 2. The highest BCUT2D eigenvalue weighted by Gasteiger charge is 2.21. The first kappa shape index (κ1) is 19.3. The summed E-state index contributed by atoms with van der Waals surface area (Å²) in [4.78, 5) is 35.3. The first-order valence-electron chi connectivity index (χ1n) is 7.41. The molecule has 1 aromatic rings. The van der Waals surface area contributed by atoms with Gasteiger partial charge in [-0.3, -0.25) is 10.1 Å². The van der Waals surface area contributed by atoms with Crippen LogP contribution < -0.4 is 20.1 Å². The Kier molecular flexibility index (Phi) is 7.54. The highest BCUT2D eigenvalue weighted by Crippen LogP contribution is 2.28. The molecule has 0 aliphatic rings. The summed E-state index contributed by atoms with van der Waals surface area (Å²) in [7, 11) is 2.80. The molecule has 0 radical (unpaired) electrons. The van der Waals surface area contributed by atoms with Gasteiger partial charge in [-0.15, -0.1) is 0 Å². The number of carbonyl (C=O) groups is 3.